The number of carbonyl (C=O) groups is 1. The van der Waals surface area contributed by atoms with Crippen molar-refractivity contribution in [2.75, 3.05) is 19.8 Å². The minimum Gasteiger partial charge on any atom is -0.462 e. The van der Waals surface area contributed by atoms with E-state index in [9.17, 15) is 9.59 Å². The Morgan fingerprint density at radius 2 is 2.20 bits per heavy atom. The highest BCUT2D eigenvalue weighted by molar-refractivity contribution is 7.18. The largest absolute Gasteiger partial charge is 0.462 e. The van der Waals surface area contributed by atoms with E-state index in [1.165, 1.54) is 9.44 Å². The van der Waals surface area contributed by atoms with E-state index in [0.717, 1.165) is 29.7 Å². The predicted octanol–water partition coefficient (Wildman–Crippen LogP) is 2.47. The molecule has 0 aromatic carbocycles. The Labute approximate surface area is 150 Å². The summed E-state index contributed by atoms with van der Waals surface area (Å²) in [5.41, 5.74) is 1.00. The monoisotopic (exact) mass is 364 g/mol. The summed E-state index contributed by atoms with van der Waals surface area (Å²) in [5, 5.41) is 0.694. The van der Waals surface area contributed by atoms with Gasteiger partial charge in [0.2, 0.25) is 0 Å². The fraction of sp³-hybridized carbons (Fsp3) is 0.611. The minimum atomic E-state index is -0.441. The summed E-state index contributed by atoms with van der Waals surface area (Å²) in [5.74, 6) is 0.749. The van der Waals surface area contributed by atoms with Crippen molar-refractivity contribution in [2.24, 2.45) is 5.92 Å². The highest BCUT2D eigenvalue weighted by Gasteiger charge is 2.24. The number of aromatic nitrogens is 2. The zero-order chi connectivity index (χ0) is 18.0. The topological polar surface area (TPSA) is 70.4 Å². The van der Waals surface area contributed by atoms with Gasteiger partial charge in [-0.05, 0) is 44.6 Å². The molecule has 0 radical (unpaired) electrons. The molecule has 136 valence electrons. The van der Waals surface area contributed by atoms with Gasteiger partial charge in [-0.15, -0.1) is 11.3 Å². The second-order valence-corrected chi connectivity index (χ2v) is 7.58. The summed E-state index contributed by atoms with van der Waals surface area (Å²) in [7, 11) is 0. The average molecular weight is 364 g/mol. The summed E-state index contributed by atoms with van der Waals surface area (Å²) >= 11 is 1.62. The molecule has 0 saturated heterocycles. The van der Waals surface area contributed by atoms with Crippen molar-refractivity contribution in [3.63, 3.8) is 0 Å². The molecule has 7 heteroatoms. The SMILES string of the molecule is CCOCCOC(=O)Cn1c(C)nc2sc3c(c2c1=O)CCC(C)C3. The third-order valence-electron chi connectivity index (χ3n) is 4.59. The summed E-state index contributed by atoms with van der Waals surface area (Å²) < 4.78 is 11.7. The molecule has 2 heterocycles. The molecule has 6 nitrogen and oxygen atoms in total. The molecule has 25 heavy (non-hydrogen) atoms. The van der Waals surface area contributed by atoms with E-state index in [1.807, 2.05) is 6.92 Å². The molecule has 1 atom stereocenters. The number of thiophene rings is 1. The van der Waals surface area contributed by atoms with Gasteiger partial charge >= 0.3 is 5.97 Å². The van der Waals surface area contributed by atoms with Gasteiger partial charge < -0.3 is 9.47 Å². The maximum Gasteiger partial charge on any atom is 0.326 e. The van der Waals surface area contributed by atoms with Crippen LogP contribution in [-0.2, 0) is 33.7 Å². The molecule has 0 fully saturated rings. The number of hydrogen-bond donors (Lipinski definition) is 0. The molecule has 1 aliphatic rings. The maximum atomic E-state index is 13.0. The molecule has 2 aromatic rings. The molecule has 0 saturated carbocycles. The van der Waals surface area contributed by atoms with Crippen molar-refractivity contribution in [1.82, 2.24) is 9.55 Å². The lowest BCUT2D eigenvalue weighted by molar-refractivity contribution is -0.146. The van der Waals surface area contributed by atoms with E-state index in [2.05, 4.69) is 11.9 Å². The van der Waals surface area contributed by atoms with Gasteiger partial charge in [-0.1, -0.05) is 6.92 Å². The predicted molar refractivity (Wildman–Crippen MR) is 97.3 cm³/mol. The maximum absolute atomic E-state index is 13.0. The van der Waals surface area contributed by atoms with E-state index >= 15 is 0 Å². The fourth-order valence-electron chi connectivity index (χ4n) is 3.24. The number of nitrogens with zero attached hydrogens (tertiary/aromatic N) is 2. The summed E-state index contributed by atoms with van der Waals surface area (Å²) in [6.45, 7) is 6.91. The van der Waals surface area contributed by atoms with E-state index < -0.39 is 5.97 Å². The Bertz CT molecular complexity index is 840. The summed E-state index contributed by atoms with van der Waals surface area (Å²) in [4.78, 5) is 31.6. The van der Waals surface area contributed by atoms with Crippen LogP contribution in [0.1, 0.15) is 36.5 Å². The van der Waals surface area contributed by atoms with Crippen molar-refractivity contribution >= 4 is 27.5 Å². The van der Waals surface area contributed by atoms with Crippen LogP contribution in [0.4, 0.5) is 0 Å². The zero-order valence-electron chi connectivity index (χ0n) is 15.0. The van der Waals surface area contributed by atoms with Gasteiger partial charge in [0.15, 0.2) is 0 Å². The fourth-order valence-corrected chi connectivity index (χ4v) is 4.66. The van der Waals surface area contributed by atoms with Crippen molar-refractivity contribution in [2.45, 2.75) is 46.6 Å². The number of ether oxygens (including phenoxy) is 2. The minimum absolute atomic E-state index is 0.110. The van der Waals surface area contributed by atoms with Crippen LogP contribution in [-0.4, -0.2) is 35.3 Å². The van der Waals surface area contributed by atoms with Crippen LogP contribution in [0, 0.1) is 12.8 Å². The first-order valence-corrected chi connectivity index (χ1v) is 9.58. The number of esters is 1. The number of carbonyl (C=O) groups excluding carboxylic acids is 1. The first-order chi connectivity index (χ1) is 12.0. The van der Waals surface area contributed by atoms with Gasteiger partial charge in [0, 0.05) is 11.5 Å². The van der Waals surface area contributed by atoms with Crippen LogP contribution in [0.3, 0.4) is 0 Å². The molecule has 0 spiro atoms. The smallest absolute Gasteiger partial charge is 0.326 e. The van der Waals surface area contributed by atoms with Gasteiger partial charge in [0.25, 0.3) is 5.56 Å². The Morgan fingerprint density at radius 1 is 1.40 bits per heavy atom. The number of fused-ring (bicyclic) bond motifs is 3. The molecule has 2 aromatic heterocycles. The van der Waals surface area contributed by atoms with Crippen LogP contribution in [0.25, 0.3) is 10.2 Å². The zero-order valence-corrected chi connectivity index (χ0v) is 15.8. The van der Waals surface area contributed by atoms with E-state index in [0.29, 0.717) is 30.3 Å². The molecule has 0 aliphatic heterocycles. The van der Waals surface area contributed by atoms with E-state index in [4.69, 9.17) is 9.47 Å². The second kappa shape index (κ2) is 7.66. The van der Waals surface area contributed by atoms with Gasteiger partial charge in [0.05, 0.1) is 12.0 Å². The molecule has 1 aliphatic carbocycles. The van der Waals surface area contributed by atoms with Gasteiger partial charge in [-0.2, -0.15) is 0 Å². The molecular weight excluding hydrogens is 340 g/mol. The lowest BCUT2D eigenvalue weighted by atomic mass is 9.89. The summed E-state index contributed by atoms with van der Waals surface area (Å²) in [6, 6.07) is 0. The molecule has 0 bridgehead atoms. The van der Waals surface area contributed by atoms with Crippen LogP contribution in [0.15, 0.2) is 4.79 Å². The summed E-state index contributed by atoms with van der Waals surface area (Å²) in [6.07, 6.45) is 3.01. The van der Waals surface area contributed by atoms with Crippen LogP contribution < -0.4 is 5.56 Å². The third-order valence-corrected chi connectivity index (χ3v) is 5.74. The first kappa shape index (κ1) is 18.1. The van der Waals surface area contributed by atoms with E-state index in [1.54, 1.807) is 18.3 Å². The lowest BCUT2D eigenvalue weighted by Crippen LogP contribution is -2.29. The Hall–Kier alpha value is -1.73. The average Bonchev–Trinajstić information content (AvgIpc) is 2.92. The Balaban J connectivity index is 1.86. The Morgan fingerprint density at radius 3 is 2.96 bits per heavy atom. The third kappa shape index (κ3) is 3.77. The van der Waals surface area contributed by atoms with Crippen LogP contribution >= 0.6 is 11.3 Å². The standard InChI is InChI=1S/C18H24N2O4S/c1-4-23-7-8-24-15(21)10-20-12(3)19-17-16(18(20)22)13-6-5-11(2)9-14(13)25-17/h11H,4-10H2,1-3H3. The molecule has 0 amide bonds. The highest BCUT2D eigenvalue weighted by Crippen LogP contribution is 2.35. The molecular formula is C18H24N2O4S. The van der Waals surface area contributed by atoms with Gasteiger partial charge in [0.1, 0.15) is 23.8 Å². The van der Waals surface area contributed by atoms with Gasteiger partial charge in [-0.25, -0.2) is 4.98 Å². The molecule has 0 N–H and O–H groups in total. The van der Waals surface area contributed by atoms with Gasteiger partial charge in [-0.3, -0.25) is 14.2 Å². The van der Waals surface area contributed by atoms with Crippen molar-refractivity contribution in [3.05, 3.63) is 26.6 Å². The van der Waals surface area contributed by atoms with Crippen LogP contribution in [0.5, 0.6) is 0 Å². The second-order valence-electron chi connectivity index (χ2n) is 6.50. The number of aryl methyl sites for hydroxylation is 2. The lowest BCUT2D eigenvalue weighted by Gasteiger charge is -2.17. The highest BCUT2D eigenvalue weighted by atomic mass is 32.1. The molecule has 3 rings (SSSR count). The quantitative estimate of drug-likeness (QED) is 0.582. The van der Waals surface area contributed by atoms with Crippen molar-refractivity contribution < 1.29 is 14.3 Å². The number of rotatable bonds is 6. The molecule has 1 unspecified atom stereocenters. The van der Waals surface area contributed by atoms with E-state index in [-0.39, 0.29) is 18.7 Å². The van der Waals surface area contributed by atoms with Crippen LogP contribution in [0.2, 0.25) is 0 Å². The van der Waals surface area contributed by atoms with Crippen molar-refractivity contribution in [3.8, 4) is 0 Å². The Kier molecular flexibility index (Phi) is 5.54. The van der Waals surface area contributed by atoms with Crippen molar-refractivity contribution in [1.29, 1.82) is 0 Å². The normalized spacial score (nSPS) is 16.8. The first-order valence-electron chi connectivity index (χ1n) is 8.76. The number of hydrogen-bond acceptors (Lipinski definition) is 6.